The number of nitrogens with one attached hydrogen (secondary N) is 1. The molecule has 1 heterocycles. The van der Waals surface area contributed by atoms with Crippen molar-refractivity contribution in [2.75, 3.05) is 40.4 Å². The quantitative estimate of drug-likeness (QED) is 0.875. The first-order chi connectivity index (χ1) is 10.7. The number of methoxy groups -OCH3 is 2. The molecule has 122 valence electrons. The monoisotopic (exact) mass is 306 g/mol. The Hall–Kier alpha value is -1.75. The molecule has 1 aromatic rings. The molecule has 0 radical (unpaired) electrons. The molecule has 5 nitrogen and oxygen atoms in total. The van der Waals surface area contributed by atoms with Gasteiger partial charge >= 0.3 is 0 Å². The molecule has 0 aromatic heterocycles. The zero-order chi connectivity index (χ0) is 15.9. The van der Waals surface area contributed by atoms with Crippen molar-refractivity contribution in [3.8, 4) is 11.5 Å². The molecule has 1 N–H and O–H groups in total. The molecule has 1 fully saturated rings. The van der Waals surface area contributed by atoms with Crippen molar-refractivity contribution in [1.82, 2.24) is 10.2 Å². The highest BCUT2D eigenvalue weighted by Crippen LogP contribution is 2.27. The molecule has 1 saturated heterocycles. The Morgan fingerprint density at radius 2 is 2.09 bits per heavy atom. The maximum Gasteiger partial charge on any atom is 0.251 e. The molecule has 22 heavy (non-hydrogen) atoms. The van der Waals surface area contributed by atoms with Gasteiger partial charge in [-0.25, -0.2) is 0 Å². The summed E-state index contributed by atoms with van der Waals surface area (Å²) in [7, 11) is 3.15. The standard InChI is InChI=1S/C17H26N2O3/c1-4-19-9-5-6-13(12-19)11-18-17(20)14-7-8-15(21-2)16(10-14)22-3/h7-8,10,13H,4-6,9,11-12H2,1-3H3,(H,18,20)/t13-/m1/s1. The molecule has 1 aliphatic heterocycles. The van der Waals surface area contributed by atoms with Crippen LogP contribution in [-0.4, -0.2) is 51.2 Å². The van der Waals surface area contributed by atoms with Crippen LogP contribution < -0.4 is 14.8 Å². The second kappa shape index (κ2) is 8.03. The molecular weight excluding hydrogens is 280 g/mol. The fourth-order valence-corrected chi connectivity index (χ4v) is 2.92. The van der Waals surface area contributed by atoms with E-state index in [0.29, 0.717) is 23.0 Å². The zero-order valence-corrected chi connectivity index (χ0v) is 13.7. The first-order valence-electron chi connectivity index (χ1n) is 7.90. The summed E-state index contributed by atoms with van der Waals surface area (Å²) in [6.45, 7) is 6.24. The van der Waals surface area contributed by atoms with Gasteiger partial charge < -0.3 is 19.7 Å². The van der Waals surface area contributed by atoms with Crippen LogP contribution in [0.1, 0.15) is 30.1 Å². The number of rotatable bonds is 6. The summed E-state index contributed by atoms with van der Waals surface area (Å²) in [6.07, 6.45) is 2.40. The maximum absolute atomic E-state index is 12.3. The van der Waals surface area contributed by atoms with Crippen molar-refractivity contribution >= 4 is 5.91 Å². The first kappa shape index (κ1) is 16.6. The average Bonchev–Trinajstić information content (AvgIpc) is 2.59. The normalized spacial score (nSPS) is 18.8. The minimum Gasteiger partial charge on any atom is -0.493 e. The van der Waals surface area contributed by atoms with Crippen LogP contribution in [-0.2, 0) is 0 Å². The van der Waals surface area contributed by atoms with E-state index in [1.165, 1.54) is 19.4 Å². The van der Waals surface area contributed by atoms with Crippen LogP contribution in [0.15, 0.2) is 18.2 Å². The van der Waals surface area contributed by atoms with E-state index in [-0.39, 0.29) is 5.91 Å². The lowest BCUT2D eigenvalue weighted by Crippen LogP contribution is -2.40. The van der Waals surface area contributed by atoms with Crippen LogP contribution >= 0.6 is 0 Å². The van der Waals surface area contributed by atoms with E-state index in [2.05, 4.69) is 17.1 Å². The Morgan fingerprint density at radius 1 is 1.32 bits per heavy atom. The molecule has 1 amide bonds. The van der Waals surface area contributed by atoms with Crippen LogP contribution in [0.25, 0.3) is 0 Å². The number of amides is 1. The third-order valence-electron chi connectivity index (χ3n) is 4.25. The SMILES string of the molecule is CCN1CCC[C@H](CNC(=O)c2ccc(OC)c(OC)c2)C1. The third kappa shape index (κ3) is 4.13. The van der Waals surface area contributed by atoms with E-state index in [1.54, 1.807) is 32.4 Å². The van der Waals surface area contributed by atoms with Crippen LogP contribution in [0.5, 0.6) is 11.5 Å². The lowest BCUT2D eigenvalue weighted by atomic mass is 9.98. The number of piperidine rings is 1. The van der Waals surface area contributed by atoms with Crippen LogP contribution in [0, 0.1) is 5.92 Å². The number of carbonyl (C=O) groups excluding carboxylic acids is 1. The highest BCUT2D eigenvalue weighted by Gasteiger charge is 2.19. The molecule has 5 heteroatoms. The number of carbonyl (C=O) groups is 1. The molecule has 1 atom stereocenters. The van der Waals surface area contributed by atoms with Crippen molar-refractivity contribution in [2.45, 2.75) is 19.8 Å². The van der Waals surface area contributed by atoms with Gasteiger partial charge in [0.1, 0.15) is 0 Å². The van der Waals surface area contributed by atoms with Gasteiger partial charge in [-0.3, -0.25) is 4.79 Å². The van der Waals surface area contributed by atoms with Gasteiger partial charge in [-0.15, -0.1) is 0 Å². The fraction of sp³-hybridized carbons (Fsp3) is 0.588. The van der Waals surface area contributed by atoms with Crippen LogP contribution in [0.2, 0.25) is 0 Å². The molecule has 1 aromatic carbocycles. The summed E-state index contributed by atoms with van der Waals surface area (Å²) in [6, 6.07) is 5.23. The Kier molecular flexibility index (Phi) is 6.07. The van der Waals surface area contributed by atoms with E-state index in [4.69, 9.17) is 9.47 Å². The van der Waals surface area contributed by atoms with Gasteiger partial charge in [-0.2, -0.15) is 0 Å². The summed E-state index contributed by atoms with van der Waals surface area (Å²) < 4.78 is 10.4. The molecule has 0 aliphatic carbocycles. The summed E-state index contributed by atoms with van der Waals surface area (Å²) in [5, 5.41) is 3.04. The second-order valence-corrected chi connectivity index (χ2v) is 5.68. The van der Waals surface area contributed by atoms with Gasteiger partial charge in [-0.05, 0) is 50.0 Å². The van der Waals surface area contributed by atoms with Crippen molar-refractivity contribution < 1.29 is 14.3 Å². The Bertz CT molecular complexity index is 505. The average molecular weight is 306 g/mol. The summed E-state index contributed by atoms with van der Waals surface area (Å²) in [4.78, 5) is 14.7. The van der Waals surface area contributed by atoms with Gasteiger partial charge in [0, 0.05) is 18.7 Å². The lowest BCUT2D eigenvalue weighted by molar-refractivity contribution is 0.0933. The Morgan fingerprint density at radius 3 is 2.77 bits per heavy atom. The van der Waals surface area contributed by atoms with E-state index >= 15 is 0 Å². The van der Waals surface area contributed by atoms with E-state index in [9.17, 15) is 4.79 Å². The van der Waals surface area contributed by atoms with Crippen LogP contribution in [0.4, 0.5) is 0 Å². The zero-order valence-electron chi connectivity index (χ0n) is 13.7. The molecule has 2 rings (SSSR count). The first-order valence-corrected chi connectivity index (χ1v) is 7.90. The van der Waals surface area contributed by atoms with Gasteiger partial charge in [0.05, 0.1) is 14.2 Å². The minimum absolute atomic E-state index is 0.0606. The second-order valence-electron chi connectivity index (χ2n) is 5.68. The minimum atomic E-state index is -0.0606. The summed E-state index contributed by atoms with van der Waals surface area (Å²) >= 11 is 0. The van der Waals surface area contributed by atoms with E-state index < -0.39 is 0 Å². The van der Waals surface area contributed by atoms with Crippen molar-refractivity contribution in [1.29, 1.82) is 0 Å². The smallest absolute Gasteiger partial charge is 0.251 e. The molecular formula is C17H26N2O3. The Labute approximate surface area is 132 Å². The molecule has 0 spiro atoms. The van der Waals surface area contributed by atoms with E-state index in [1.807, 2.05) is 0 Å². The van der Waals surface area contributed by atoms with Crippen molar-refractivity contribution in [3.63, 3.8) is 0 Å². The highest BCUT2D eigenvalue weighted by molar-refractivity contribution is 5.94. The number of hydrogen-bond acceptors (Lipinski definition) is 4. The summed E-state index contributed by atoms with van der Waals surface area (Å²) in [5.41, 5.74) is 0.598. The van der Waals surface area contributed by atoms with Crippen LogP contribution in [0.3, 0.4) is 0 Å². The molecule has 1 aliphatic rings. The maximum atomic E-state index is 12.3. The van der Waals surface area contributed by atoms with E-state index in [0.717, 1.165) is 19.6 Å². The largest absolute Gasteiger partial charge is 0.493 e. The predicted molar refractivity (Wildman–Crippen MR) is 86.7 cm³/mol. The van der Waals surface area contributed by atoms with Gasteiger partial charge in [0.15, 0.2) is 11.5 Å². The number of likely N-dealkylation sites (tertiary alicyclic amines) is 1. The molecule has 0 bridgehead atoms. The van der Waals surface area contributed by atoms with Gasteiger partial charge in [0.2, 0.25) is 0 Å². The topological polar surface area (TPSA) is 50.8 Å². The summed E-state index contributed by atoms with van der Waals surface area (Å²) in [5.74, 6) is 1.68. The van der Waals surface area contributed by atoms with Gasteiger partial charge in [0.25, 0.3) is 5.91 Å². The number of benzene rings is 1. The Balaban J connectivity index is 1.92. The third-order valence-corrected chi connectivity index (χ3v) is 4.25. The van der Waals surface area contributed by atoms with Crippen molar-refractivity contribution in [3.05, 3.63) is 23.8 Å². The lowest BCUT2D eigenvalue weighted by Gasteiger charge is -2.31. The van der Waals surface area contributed by atoms with Crippen molar-refractivity contribution in [2.24, 2.45) is 5.92 Å². The van der Waals surface area contributed by atoms with Gasteiger partial charge in [-0.1, -0.05) is 6.92 Å². The highest BCUT2D eigenvalue weighted by atomic mass is 16.5. The number of nitrogens with zero attached hydrogens (tertiary/aromatic N) is 1. The molecule has 0 unspecified atom stereocenters. The predicted octanol–water partition coefficient (Wildman–Crippen LogP) is 2.17. The fourth-order valence-electron chi connectivity index (χ4n) is 2.92. The number of hydrogen-bond donors (Lipinski definition) is 1. The number of ether oxygens (including phenoxy) is 2. The molecule has 0 saturated carbocycles.